The summed E-state index contributed by atoms with van der Waals surface area (Å²) in [5, 5.41) is 7.47. The summed E-state index contributed by atoms with van der Waals surface area (Å²) in [5.74, 6) is -0.792. The fourth-order valence-electron chi connectivity index (χ4n) is 6.84. The summed E-state index contributed by atoms with van der Waals surface area (Å²) in [7, 11) is 0. The number of hydrogen-bond donors (Lipinski definition) is 3. The SMILES string of the molecule is CC(C)(C)OC(=O)NC1CCN(c2c(F)c(N)c3c(=O)c(C(=O)NCCN4CCCC4)cn4c3c2Oc2cc3ccccc3cc2-4)C1. The van der Waals surface area contributed by atoms with Crippen LogP contribution in [0.4, 0.5) is 20.6 Å². The van der Waals surface area contributed by atoms with Crippen molar-refractivity contribution in [2.75, 3.05) is 49.9 Å². The van der Waals surface area contributed by atoms with E-state index < -0.39 is 28.8 Å². The second-order valence-corrected chi connectivity index (χ2v) is 13.5. The lowest BCUT2D eigenvalue weighted by Crippen LogP contribution is -2.40. The van der Waals surface area contributed by atoms with Gasteiger partial charge in [-0.2, -0.15) is 0 Å². The summed E-state index contributed by atoms with van der Waals surface area (Å²) in [5.41, 5.74) is 5.60. The van der Waals surface area contributed by atoms with Crippen LogP contribution in [0.15, 0.2) is 47.4 Å². The number of alkyl carbamates (subject to hydrolysis) is 1. The van der Waals surface area contributed by atoms with Crippen molar-refractivity contribution >= 4 is 45.1 Å². The summed E-state index contributed by atoms with van der Waals surface area (Å²) >= 11 is 0. The Balaban J connectivity index is 1.32. The molecule has 1 aromatic heterocycles. The first-order valence-corrected chi connectivity index (χ1v) is 16.1. The van der Waals surface area contributed by atoms with Gasteiger partial charge in [0.05, 0.1) is 22.8 Å². The summed E-state index contributed by atoms with van der Waals surface area (Å²) in [6.07, 6.45) is 3.75. The molecule has 0 spiro atoms. The molecule has 246 valence electrons. The Hall–Kier alpha value is -4.84. The number of pyridine rings is 1. The molecule has 3 aliphatic rings. The van der Waals surface area contributed by atoms with Crippen LogP contribution in [-0.2, 0) is 4.74 Å². The monoisotopic (exact) mass is 642 g/mol. The number of halogens is 1. The number of fused-ring (bicyclic) bond motifs is 3. The van der Waals surface area contributed by atoms with E-state index in [1.165, 1.54) is 6.20 Å². The average molecular weight is 643 g/mol. The van der Waals surface area contributed by atoms with Gasteiger partial charge < -0.3 is 40.2 Å². The number of rotatable bonds is 6. The van der Waals surface area contributed by atoms with Crippen molar-refractivity contribution in [2.45, 2.75) is 51.7 Å². The second kappa shape index (κ2) is 11.8. The van der Waals surface area contributed by atoms with Crippen molar-refractivity contribution in [1.82, 2.24) is 20.1 Å². The van der Waals surface area contributed by atoms with Crippen LogP contribution in [0.2, 0.25) is 0 Å². The first-order valence-electron chi connectivity index (χ1n) is 16.1. The summed E-state index contributed by atoms with van der Waals surface area (Å²) in [6, 6.07) is 11.2. The molecule has 1 unspecified atom stereocenters. The lowest BCUT2D eigenvalue weighted by Gasteiger charge is -2.30. The number of ether oxygens (including phenoxy) is 2. The zero-order valence-electron chi connectivity index (χ0n) is 26.8. The minimum Gasteiger partial charge on any atom is -0.451 e. The number of benzene rings is 3. The zero-order chi connectivity index (χ0) is 33.0. The van der Waals surface area contributed by atoms with Crippen molar-refractivity contribution in [3.63, 3.8) is 0 Å². The van der Waals surface area contributed by atoms with Crippen LogP contribution in [0.25, 0.3) is 27.4 Å². The third-order valence-electron chi connectivity index (χ3n) is 9.03. The fraction of sp³-hybridized carbons (Fsp3) is 0.400. The molecular weight excluding hydrogens is 603 g/mol. The largest absolute Gasteiger partial charge is 0.451 e. The summed E-state index contributed by atoms with van der Waals surface area (Å²) in [6.45, 7) is 9.04. The first kappa shape index (κ1) is 30.8. The quantitative estimate of drug-likeness (QED) is 0.223. The molecule has 7 rings (SSSR count). The number of carbonyl (C=O) groups excluding carboxylic acids is 2. The number of likely N-dealkylation sites (tertiary alicyclic amines) is 1. The van der Waals surface area contributed by atoms with Gasteiger partial charge in [0.15, 0.2) is 17.3 Å². The minimum atomic E-state index is -0.815. The molecule has 0 saturated carbocycles. The van der Waals surface area contributed by atoms with E-state index in [4.69, 9.17) is 15.2 Å². The van der Waals surface area contributed by atoms with E-state index >= 15 is 4.39 Å². The average Bonchev–Trinajstić information content (AvgIpc) is 3.71. The number of amides is 2. The Morgan fingerprint density at radius 1 is 1.11 bits per heavy atom. The van der Waals surface area contributed by atoms with E-state index in [9.17, 15) is 14.4 Å². The van der Waals surface area contributed by atoms with Crippen LogP contribution in [0, 0.1) is 5.82 Å². The van der Waals surface area contributed by atoms with Gasteiger partial charge in [-0.15, -0.1) is 0 Å². The maximum absolute atomic E-state index is 16.5. The molecule has 0 radical (unpaired) electrons. The van der Waals surface area contributed by atoms with Crippen molar-refractivity contribution in [1.29, 1.82) is 0 Å². The van der Waals surface area contributed by atoms with E-state index in [1.807, 2.05) is 36.4 Å². The van der Waals surface area contributed by atoms with Crippen molar-refractivity contribution in [2.24, 2.45) is 0 Å². The normalized spacial score (nSPS) is 17.5. The van der Waals surface area contributed by atoms with E-state index in [-0.39, 0.29) is 46.2 Å². The molecule has 2 fully saturated rings. The van der Waals surface area contributed by atoms with Crippen LogP contribution < -0.4 is 31.4 Å². The molecule has 4 heterocycles. The van der Waals surface area contributed by atoms with Gasteiger partial charge in [-0.25, -0.2) is 9.18 Å². The van der Waals surface area contributed by atoms with E-state index in [2.05, 4.69) is 15.5 Å². The first-order chi connectivity index (χ1) is 22.5. The van der Waals surface area contributed by atoms with Crippen LogP contribution in [0.1, 0.15) is 50.4 Å². The molecule has 1 atom stereocenters. The van der Waals surface area contributed by atoms with Gasteiger partial charge in [0, 0.05) is 32.4 Å². The molecular formula is C35H39FN6O5. The highest BCUT2D eigenvalue weighted by molar-refractivity contribution is 6.06. The molecule has 4 N–H and O–H groups in total. The number of hydrogen-bond acceptors (Lipinski definition) is 8. The molecule has 3 aliphatic heterocycles. The van der Waals surface area contributed by atoms with Gasteiger partial charge in [0.1, 0.15) is 22.4 Å². The standard InChI is InChI=1S/C35H39FN6O5/c1-35(2,3)47-34(45)39-22-10-14-41(18-22)30-27(36)28(37)26-29-32(30)46-25-17-21-9-5-4-8-20(21)16-24(25)42(29)19-23(31(26)43)33(44)38-11-15-40-12-6-7-13-40/h4-5,8-9,16-17,19,22H,6-7,10-15,18,37H2,1-3H3,(H,38,44)(H,39,45). The Morgan fingerprint density at radius 3 is 2.55 bits per heavy atom. The number of aromatic nitrogens is 1. The molecule has 2 amide bonds. The van der Waals surface area contributed by atoms with Gasteiger partial charge in [0.25, 0.3) is 5.91 Å². The Labute approximate surface area is 271 Å². The maximum Gasteiger partial charge on any atom is 0.407 e. The van der Waals surface area contributed by atoms with Gasteiger partial charge in [0.2, 0.25) is 5.43 Å². The molecule has 0 aliphatic carbocycles. The molecule has 3 aromatic carbocycles. The highest BCUT2D eigenvalue weighted by Gasteiger charge is 2.36. The highest BCUT2D eigenvalue weighted by atomic mass is 19.1. The molecule has 2 saturated heterocycles. The van der Waals surface area contributed by atoms with Crippen LogP contribution in [-0.4, -0.2) is 72.4 Å². The lowest BCUT2D eigenvalue weighted by atomic mass is 10.0. The Bertz CT molecular complexity index is 1980. The van der Waals surface area contributed by atoms with Crippen molar-refractivity contribution in [3.05, 3.63) is 64.2 Å². The molecule has 12 heteroatoms. The van der Waals surface area contributed by atoms with Gasteiger partial charge >= 0.3 is 6.09 Å². The minimum absolute atomic E-state index is 0.0956. The Kier molecular flexibility index (Phi) is 7.70. The number of nitrogens with zero attached hydrogens (tertiary/aromatic N) is 3. The van der Waals surface area contributed by atoms with Gasteiger partial charge in [-0.3, -0.25) is 9.59 Å². The highest BCUT2D eigenvalue weighted by Crippen LogP contribution is 2.50. The van der Waals surface area contributed by atoms with Crippen LogP contribution in [0.3, 0.4) is 0 Å². The number of nitrogen functional groups attached to an aromatic ring is 1. The van der Waals surface area contributed by atoms with Gasteiger partial charge in [-0.05, 0) is 76.0 Å². The van der Waals surface area contributed by atoms with Crippen LogP contribution in [0.5, 0.6) is 11.5 Å². The fourth-order valence-corrected chi connectivity index (χ4v) is 6.84. The van der Waals surface area contributed by atoms with E-state index in [0.717, 1.165) is 36.7 Å². The molecule has 4 aromatic rings. The summed E-state index contributed by atoms with van der Waals surface area (Å²) in [4.78, 5) is 44.0. The Morgan fingerprint density at radius 2 is 1.83 bits per heavy atom. The molecule has 11 nitrogen and oxygen atoms in total. The molecule has 0 bridgehead atoms. The number of nitrogens with one attached hydrogen (secondary N) is 2. The van der Waals surface area contributed by atoms with Crippen molar-refractivity contribution in [3.8, 4) is 17.2 Å². The predicted molar refractivity (Wildman–Crippen MR) is 179 cm³/mol. The van der Waals surface area contributed by atoms with Crippen LogP contribution >= 0.6 is 0 Å². The number of carbonyl (C=O) groups is 2. The topological polar surface area (TPSA) is 131 Å². The molecule has 47 heavy (non-hydrogen) atoms. The van der Waals surface area contributed by atoms with Gasteiger partial charge in [-0.1, -0.05) is 24.3 Å². The second-order valence-electron chi connectivity index (χ2n) is 13.5. The number of anilines is 2. The predicted octanol–water partition coefficient (Wildman–Crippen LogP) is 4.90. The number of nitrogens with two attached hydrogens (primary N) is 1. The van der Waals surface area contributed by atoms with E-state index in [1.54, 1.807) is 30.2 Å². The zero-order valence-corrected chi connectivity index (χ0v) is 26.8. The smallest absolute Gasteiger partial charge is 0.407 e. The third-order valence-corrected chi connectivity index (χ3v) is 9.03. The third kappa shape index (κ3) is 5.71. The van der Waals surface area contributed by atoms with Crippen molar-refractivity contribution < 1.29 is 23.5 Å². The maximum atomic E-state index is 16.5. The summed E-state index contributed by atoms with van der Waals surface area (Å²) < 4.78 is 30.1. The van der Waals surface area contributed by atoms with E-state index in [0.29, 0.717) is 37.5 Å². The lowest BCUT2D eigenvalue weighted by molar-refractivity contribution is 0.0508.